The SMILES string of the molecule is C=C(c1ccc(Cc2cc(-c3cccc4c3C=CC4)cc(C3CC(CC)C3)c2)cc1)C(C)C. The van der Waals surface area contributed by atoms with Crippen molar-refractivity contribution in [2.75, 3.05) is 0 Å². The van der Waals surface area contributed by atoms with Gasteiger partial charge in [-0.25, -0.2) is 0 Å². The maximum atomic E-state index is 4.27. The molecular weight excluding hydrogens is 396 g/mol. The molecule has 3 aromatic carbocycles. The van der Waals surface area contributed by atoms with E-state index < -0.39 is 0 Å². The normalized spacial score (nSPS) is 18.9. The van der Waals surface area contributed by atoms with E-state index in [-0.39, 0.29) is 0 Å². The Morgan fingerprint density at radius 1 is 0.970 bits per heavy atom. The fraction of sp³-hybridized carbons (Fsp3) is 0.333. The number of allylic oxidation sites excluding steroid dienone is 2. The molecule has 0 spiro atoms. The third-order valence-electron chi connectivity index (χ3n) is 7.86. The van der Waals surface area contributed by atoms with Crippen molar-refractivity contribution in [3.63, 3.8) is 0 Å². The zero-order chi connectivity index (χ0) is 22.9. The maximum Gasteiger partial charge on any atom is -0.00254 e. The van der Waals surface area contributed by atoms with Crippen LogP contribution in [0, 0.1) is 11.8 Å². The summed E-state index contributed by atoms with van der Waals surface area (Å²) in [4.78, 5) is 0. The van der Waals surface area contributed by atoms with Crippen LogP contribution < -0.4 is 0 Å². The van der Waals surface area contributed by atoms with Crippen LogP contribution in [0.5, 0.6) is 0 Å². The molecule has 2 aliphatic carbocycles. The highest BCUT2D eigenvalue weighted by Gasteiger charge is 2.29. The van der Waals surface area contributed by atoms with Crippen LogP contribution in [0.1, 0.15) is 79.3 Å². The molecule has 1 saturated carbocycles. The quantitative estimate of drug-likeness (QED) is 0.349. The fourth-order valence-corrected chi connectivity index (χ4v) is 5.50. The van der Waals surface area contributed by atoms with Crippen molar-refractivity contribution in [2.24, 2.45) is 11.8 Å². The molecule has 33 heavy (non-hydrogen) atoms. The standard InChI is InChI=1S/C33H36/c1-5-24-17-29(18-24)30-19-26(16-25-12-14-27(15-13-25)23(4)22(2)3)20-31(21-30)33-11-7-9-28-8-6-10-32(28)33/h6-7,9-15,19-22,24,29H,4-5,8,16-18H2,1-3H3. The van der Waals surface area contributed by atoms with Crippen LogP contribution in [0.3, 0.4) is 0 Å². The summed E-state index contributed by atoms with van der Waals surface area (Å²) in [6.45, 7) is 11.0. The largest absolute Gasteiger partial charge is 0.0950 e. The minimum Gasteiger partial charge on any atom is -0.0950 e. The van der Waals surface area contributed by atoms with Crippen molar-refractivity contribution in [1.82, 2.24) is 0 Å². The molecule has 0 bridgehead atoms. The molecule has 0 N–H and O–H groups in total. The summed E-state index contributed by atoms with van der Waals surface area (Å²) in [5, 5.41) is 0. The third-order valence-corrected chi connectivity index (χ3v) is 7.86. The lowest BCUT2D eigenvalue weighted by Gasteiger charge is -2.35. The van der Waals surface area contributed by atoms with Gasteiger partial charge in [-0.15, -0.1) is 0 Å². The highest BCUT2D eigenvalue weighted by Crippen LogP contribution is 2.45. The summed E-state index contributed by atoms with van der Waals surface area (Å²) in [5.41, 5.74) is 12.5. The Hall–Kier alpha value is -2.86. The van der Waals surface area contributed by atoms with Gasteiger partial charge in [-0.1, -0.05) is 107 Å². The van der Waals surface area contributed by atoms with Crippen LogP contribution >= 0.6 is 0 Å². The van der Waals surface area contributed by atoms with Crippen LogP contribution in [-0.2, 0) is 12.8 Å². The van der Waals surface area contributed by atoms with Gasteiger partial charge in [0, 0.05) is 0 Å². The predicted octanol–water partition coefficient (Wildman–Crippen LogP) is 9.09. The number of rotatable bonds is 7. The molecule has 5 rings (SSSR count). The van der Waals surface area contributed by atoms with Crippen molar-refractivity contribution < 1.29 is 0 Å². The van der Waals surface area contributed by atoms with Crippen LogP contribution in [0.25, 0.3) is 22.8 Å². The lowest BCUT2D eigenvalue weighted by Crippen LogP contribution is -2.21. The van der Waals surface area contributed by atoms with Crippen LogP contribution in [0.15, 0.2) is 73.3 Å². The maximum absolute atomic E-state index is 4.27. The van der Waals surface area contributed by atoms with Gasteiger partial charge < -0.3 is 0 Å². The molecule has 0 saturated heterocycles. The molecule has 0 unspecified atom stereocenters. The van der Waals surface area contributed by atoms with Crippen molar-refractivity contribution in [1.29, 1.82) is 0 Å². The second kappa shape index (κ2) is 9.18. The van der Waals surface area contributed by atoms with Gasteiger partial charge in [0.2, 0.25) is 0 Å². The smallest absolute Gasteiger partial charge is 0.00254 e. The second-order valence-corrected chi connectivity index (χ2v) is 10.4. The molecule has 0 aliphatic heterocycles. The van der Waals surface area contributed by atoms with Crippen molar-refractivity contribution in [3.05, 3.63) is 107 Å². The Labute approximate surface area is 200 Å². The number of hydrogen-bond acceptors (Lipinski definition) is 0. The van der Waals surface area contributed by atoms with E-state index in [2.05, 4.69) is 100 Å². The van der Waals surface area contributed by atoms with E-state index >= 15 is 0 Å². The van der Waals surface area contributed by atoms with Crippen molar-refractivity contribution in [3.8, 4) is 11.1 Å². The molecule has 2 aliphatic rings. The number of fused-ring (bicyclic) bond motifs is 1. The van der Waals surface area contributed by atoms with Crippen LogP contribution in [0.2, 0.25) is 0 Å². The molecule has 0 radical (unpaired) electrons. The first-order chi connectivity index (χ1) is 16.0. The minimum absolute atomic E-state index is 0.478. The minimum atomic E-state index is 0.478. The van der Waals surface area contributed by atoms with E-state index in [1.54, 1.807) is 0 Å². The van der Waals surface area contributed by atoms with Gasteiger partial charge in [-0.2, -0.15) is 0 Å². The summed E-state index contributed by atoms with van der Waals surface area (Å²) < 4.78 is 0. The summed E-state index contributed by atoms with van der Waals surface area (Å²) in [5.74, 6) is 2.11. The van der Waals surface area contributed by atoms with Crippen molar-refractivity contribution in [2.45, 2.75) is 58.8 Å². The molecule has 3 aromatic rings. The first kappa shape index (κ1) is 22.0. The topological polar surface area (TPSA) is 0 Å². The van der Waals surface area contributed by atoms with Gasteiger partial charge >= 0.3 is 0 Å². The van der Waals surface area contributed by atoms with Gasteiger partial charge in [-0.05, 0) is 93.5 Å². The molecule has 0 heterocycles. The lowest BCUT2D eigenvalue weighted by molar-refractivity contribution is 0.256. The van der Waals surface area contributed by atoms with Gasteiger partial charge in [0.25, 0.3) is 0 Å². The highest BCUT2D eigenvalue weighted by atomic mass is 14.3. The molecule has 0 heteroatoms. The molecule has 0 atom stereocenters. The Morgan fingerprint density at radius 2 is 1.76 bits per heavy atom. The zero-order valence-electron chi connectivity index (χ0n) is 20.4. The average Bonchev–Trinajstić information content (AvgIpc) is 3.27. The van der Waals surface area contributed by atoms with E-state index in [0.29, 0.717) is 5.92 Å². The van der Waals surface area contributed by atoms with E-state index in [9.17, 15) is 0 Å². The Bertz CT molecular complexity index is 1180. The third kappa shape index (κ3) is 4.49. The second-order valence-electron chi connectivity index (χ2n) is 10.4. The zero-order valence-corrected chi connectivity index (χ0v) is 20.4. The Kier molecular flexibility index (Phi) is 6.11. The van der Waals surface area contributed by atoms with Gasteiger partial charge in [0.15, 0.2) is 0 Å². The fourth-order valence-electron chi connectivity index (χ4n) is 5.50. The summed E-state index contributed by atoms with van der Waals surface area (Å²) >= 11 is 0. The van der Waals surface area contributed by atoms with E-state index in [0.717, 1.165) is 24.7 Å². The van der Waals surface area contributed by atoms with Gasteiger partial charge in [0.1, 0.15) is 0 Å². The van der Waals surface area contributed by atoms with E-state index in [1.165, 1.54) is 69.3 Å². The molecule has 0 aromatic heterocycles. The molecule has 1 fully saturated rings. The monoisotopic (exact) mass is 432 g/mol. The molecule has 168 valence electrons. The van der Waals surface area contributed by atoms with E-state index in [4.69, 9.17) is 0 Å². The number of hydrogen-bond donors (Lipinski definition) is 0. The lowest BCUT2D eigenvalue weighted by atomic mass is 9.69. The van der Waals surface area contributed by atoms with Crippen LogP contribution in [-0.4, -0.2) is 0 Å². The Morgan fingerprint density at radius 3 is 2.48 bits per heavy atom. The van der Waals surface area contributed by atoms with Gasteiger partial charge in [-0.3, -0.25) is 0 Å². The van der Waals surface area contributed by atoms with Crippen LogP contribution in [0.4, 0.5) is 0 Å². The van der Waals surface area contributed by atoms with Crippen molar-refractivity contribution >= 4 is 11.6 Å². The average molecular weight is 433 g/mol. The summed E-state index contributed by atoms with van der Waals surface area (Å²) in [7, 11) is 0. The van der Waals surface area contributed by atoms with Gasteiger partial charge in [0.05, 0.1) is 0 Å². The summed E-state index contributed by atoms with van der Waals surface area (Å²) in [6.07, 6.45) is 10.6. The molecule has 0 nitrogen and oxygen atoms in total. The highest BCUT2D eigenvalue weighted by molar-refractivity contribution is 5.80. The Balaban J connectivity index is 1.48. The number of benzene rings is 3. The molecule has 0 amide bonds. The summed E-state index contributed by atoms with van der Waals surface area (Å²) in [6, 6.07) is 23.3. The first-order valence-corrected chi connectivity index (χ1v) is 12.7. The first-order valence-electron chi connectivity index (χ1n) is 12.7. The van der Waals surface area contributed by atoms with E-state index in [1.807, 2.05) is 0 Å². The molecular formula is C33H36. The predicted molar refractivity (Wildman–Crippen MR) is 143 cm³/mol.